The van der Waals surface area contributed by atoms with Crippen LogP contribution in [0.25, 0.3) is 0 Å². The van der Waals surface area contributed by atoms with Crippen molar-refractivity contribution in [3.63, 3.8) is 0 Å². The lowest BCUT2D eigenvalue weighted by molar-refractivity contribution is 0.240. The van der Waals surface area contributed by atoms with Crippen molar-refractivity contribution in [3.8, 4) is 0 Å². The third-order valence-electron chi connectivity index (χ3n) is 1.41. The van der Waals surface area contributed by atoms with Crippen LogP contribution < -0.4 is 0 Å². The van der Waals surface area contributed by atoms with Gasteiger partial charge >= 0.3 is 0 Å². The Morgan fingerprint density at radius 1 is 1.00 bits per heavy atom. The van der Waals surface area contributed by atoms with Crippen molar-refractivity contribution >= 4 is 9.76 Å². The molecule has 0 aliphatic heterocycles. The summed E-state index contributed by atoms with van der Waals surface area (Å²) in [5.74, 6) is 0. The van der Waals surface area contributed by atoms with Crippen molar-refractivity contribution in [2.24, 2.45) is 0 Å². The highest BCUT2D eigenvalue weighted by molar-refractivity contribution is 6.34. The molecule has 0 spiro atoms. The molecule has 0 rings (SSSR count). The fourth-order valence-corrected chi connectivity index (χ4v) is 1.39. The lowest BCUT2D eigenvalue weighted by atomic mass is 10.1. The van der Waals surface area contributed by atoms with E-state index in [4.69, 9.17) is 4.43 Å². The van der Waals surface area contributed by atoms with Crippen LogP contribution >= 0.6 is 0 Å². The summed E-state index contributed by atoms with van der Waals surface area (Å²) in [6, 6.07) is 0. The summed E-state index contributed by atoms with van der Waals surface area (Å²) in [5, 5.41) is 0. The predicted octanol–water partition coefficient (Wildman–Crippen LogP) is 1.53. The van der Waals surface area contributed by atoms with Crippen LogP contribution in [0.5, 0.6) is 0 Å². The standard InChI is InChI=1S/C9H14OSi/c1-5-9(6-2,7-3)10-11-8-4/h5-8H,1-4,11H2. The molecule has 0 saturated heterocycles. The van der Waals surface area contributed by atoms with Crippen LogP contribution in [0.15, 0.2) is 50.2 Å². The van der Waals surface area contributed by atoms with E-state index < -0.39 is 15.4 Å². The Bertz CT molecular complexity index is 151. The minimum absolute atomic E-state index is 0.541. The van der Waals surface area contributed by atoms with Crippen LogP contribution in [0.3, 0.4) is 0 Å². The number of rotatable bonds is 6. The van der Waals surface area contributed by atoms with Crippen molar-refractivity contribution in [1.29, 1.82) is 0 Å². The molecule has 0 radical (unpaired) electrons. The summed E-state index contributed by atoms with van der Waals surface area (Å²) >= 11 is 0. The Morgan fingerprint density at radius 3 is 1.73 bits per heavy atom. The van der Waals surface area contributed by atoms with Gasteiger partial charge in [0.1, 0.15) is 5.60 Å². The predicted molar refractivity (Wildman–Crippen MR) is 53.1 cm³/mol. The quantitative estimate of drug-likeness (QED) is 0.429. The molecule has 0 bridgehead atoms. The molecule has 2 heteroatoms. The van der Waals surface area contributed by atoms with Gasteiger partial charge in [0.25, 0.3) is 0 Å². The fourth-order valence-electron chi connectivity index (χ4n) is 0.630. The third kappa shape index (κ3) is 2.70. The first-order chi connectivity index (χ1) is 5.24. The first-order valence-corrected chi connectivity index (χ1v) is 4.79. The molecule has 0 aromatic heterocycles. The highest BCUT2D eigenvalue weighted by Crippen LogP contribution is 2.14. The van der Waals surface area contributed by atoms with E-state index in [0.29, 0.717) is 0 Å². The molecule has 0 aromatic rings. The second-order valence-electron chi connectivity index (χ2n) is 2.07. The number of hydrogen-bond acceptors (Lipinski definition) is 1. The monoisotopic (exact) mass is 166 g/mol. The SMILES string of the molecule is C=C[SiH2]OC(C=C)(C=C)C=C. The Morgan fingerprint density at radius 2 is 1.45 bits per heavy atom. The average molecular weight is 166 g/mol. The van der Waals surface area contributed by atoms with Crippen molar-refractivity contribution in [2.45, 2.75) is 5.60 Å². The molecule has 0 aromatic carbocycles. The normalized spacial score (nSPS) is 11.3. The maximum absolute atomic E-state index is 5.49. The van der Waals surface area contributed by atoms with Gasteiger partial charge in [-0.15, -0.1) is 6.58 Å². The zero-order valence-electron chi connectivity index (χ0n) is 6.75. The van der Waals surface area contributed by atoms with Crippen LogP contribution in [0, 0.1) is 0 Å². The lowest BCUT2D eigenvalue weighted by Gasteiger charge is -2.22. The molecule has 0 aliphatic carbocycles. The van der Waals surface area contributed by atoms with Crippen molar-refractivity contribution in [1.82, 2.24) is 0 Å². The molecule has 0 saturated carbocycles. The van der Waals surface area contributed by atoms with Gasteiger partial charge in [-0.3, -0.25) is 0 Å². The maximum Gasteiger partial charge on any atom is 0.186 e. The highest BCUT2D eigenvalue weighted by Gasteiger charge is 2.16. The van der Waals surface area contributed by atoms with E-state index in [2.05, 4.69) is 26.3 Å². The fraction of sp³-hybridized carbons (Fsp3) is 0.111. The van der Waals surface area contributed by atoms with E-state index in [1.165, 1.54) is 0 Å². The molecule has 11 heavy (non-hydrogen) atoms. The Kier molecular flexibility index (Phi) is 4.49. The third-order valence-corrected chi connectivity index (χ3v) is 2.31. The van der Waals surface area contributed by atoms with E-state index in [-0.39, 0.29) is 0 Å². The summed E-state index contributed by atoms with van der Waals surface area (Å²) < 4.78 is 5.49. The molecule has 60 valence electrons. The molecule has 0 atom stereocenters. The first kappa shape index (κ1) is 10.1. The van der Waals surface area contributed by atoms with E-state index in [0.717, 1.165) is 0 Å². The van der Waals surface area contributed by atoms with Gasteiger partial charge in [0, 0.05) is 0 Å². The molecule has 0 unspecified atom stereocenters. The smallest absolute Gasteiger partial charge is 0.186 e. The molecule has 0 fully saturated rings. The summed E-state index contributed by atoms with van der Waals surface area (Å²) in [4.78, 5) is 0. The van der Waals surface area contributed by atoms with Crippen molar-refractivity contribution in [2.75, 3.05) is 0 Å². The molecule has 0 N–H and O–H groups in total. The van der Waals surface area contributed by atoms with Crippen LogP contribution in [0.2, 0.25) is 0 Å². The van der Waals surface area contributed by atoms with Crippen LogP contribution in [-0.2, 0) is 4.43 Å². The minimum Gasteiger partial charge on any atom is -0.403 e. The van der Waals surface area contributed by atoms with Gasteiger partial charge in [0.15, 0.2) is 9.76 Å². The van der Waals surface area contributed by atoms with Gasteiger partial charge < -0.3 is 4.43 Å². The Balaban J connectivity index is 4.27. The number of hydrogen-bond donors (Lipinski definition) is 0. The maximum atomic E-state index is 5.49. The topological polar surface area (TPSA) is 9.23 Å². The van der Waals surface area contributed by atoms with Gasteiger partial charge in [-0.2, -0.15) is 0 Å². The van der Waals surface area contributed by atoms with Gasteiger partial charge in [-0.1, -0.05) is 43.7 Å². The molecule has 0 aliphatic rings. The van der Waals surface area contributed by atoms with Gasteiger partial charge in [0.2, 0.25) is 0 Å². The van der Waals surface area contributed by atoms with E-state index in [1.807, 2.05) is 5.70 Å². The summed E-state index contributed by atoms with van der Waals surface area (Å²) in [5.41, 5.74) is 1.27. The van der Waals surface area contributed by atoms with E-state index >= 15 is 0 Å². The molecule has 0 amide bonds. The van der Waals surface area contributed by atoms with Crippen LogP contribution in [0.1, 0.15) is 0 Å². The second kappa shape index (κ2) is 4.88. The molecular weight excluding hydrogens is 152 g/mol. The zero-order chi connectivity index (χ0) is 8.74. The van der Waals surface area contributed by atoms with E-state index in [1.54, 1.807) is 18.2 Å². The Labute approximate surface area is 70.7 Å². The van der Waals surface area contributed by atoms with Crippen LogP contribution in [0.4, 0.5) is 0 Å². The van der Waals surface area contributed by atoms with Gasteiger partial charge in [0.05, 0.1) is 0 Å². The lowest BCUT2D eigenvalue weighted by Crippen LogP contribution is -2.25. The van der Waals surface area contributed by atoms with Crippen molar-refractivity contribution in [3.05, 3.63) is 50.2 Å². The van der Waals surface area contributed by atoms with Gasteiger partial charge in [-0.25, -0.2) is 0 Å². The average Bonchev–Trinajstić information content (AvgIpc) is 2.08. The van der Waals surface area contributed by atoms with Crippen LogP contribution in [-0.4, -0.2) is 15.4 Å². The minimum atomic E-state index is -0.665. The first-order valence-electron chi connectivity index (χ1n) is 3.40. The van der Waals surface area contributed by atoms with Crippen molar-refractivity contribution < 1.29 is 4.43 Å². The molecule has 0 heterocycles. The zero-order valence-corrected chi connectivity index (χ0v) is 8.17. The highest BCUT2D eigenvalue weighted by atomic mass is 28.2. The second-order valence-corrected chi connectivity index (χ2v) is 3.26. The van der Waals surface area contributed by atoms with E-state index in [9.17, 15) is 0 Å². The van der Waals surface area contributed by atoms with Gasteiger partial charge in [-0.05, 0) is 0 Å². The largest absolute Gasteiger partial charge is 0.403 e. The molecular formula is C9H14OSi. The Hall–Kier alpha value is -0.863. The summed E-state index contributed by atoms with van der Waals surface area (Å²) in [6.45, 7) is 14.5. The summed E-state index contributed by atoms with van der Waals surface area (Å²) in [6.07, 6.45) is 5.05. The molecule has 1 nitrogen and oxygen atoms in total. The summed E-state index contributed by atoms with van der Waals surface area (Å²) in [7, 11) is -0.665.